The highest BCUT2D eigenvalue weighted by atomic mass is 32.1. The van der Waals surface area contributed by atoms with E-state index in [1.165, 1.54) is 4.88 Å². The predicted octanol–water partition coefficient (Wildman–Crippen LogP) is 1.70. The maximum atomic E-state index is 5.16. The molecule has 1 saturated heterocycles. The smallest absolute Gasteiger partial charge is 0.194 e. The number of ether oxygens (including phenoxy) is 1. The maximum Gasteiger partial charge on any atom is 0.194 e. The molecular formula is C20H33N7OS. The highest BCUT2D eigenvalue weighted by Crippen LogP contribution is 2.13. The molecule has 9 heteroatoms. The summed E-state index contributed by atoms with van der Waals surface area (Å²) < 4.78 is 7.27. The van der Waals surface area contributed by atoms with Crippen molar-refractivity contribution in [2.45, 2.75) is 32.9 Å². The Hall–Kier alpha value is -1.97. The first-order chi connectivity index (χ1) is 14.3. The van der Waals surface area contributed by atoms with Crippen molar-refractivity contribution in [3.8, 4) is 0 Å². The minimum Gasteiger partial charge on any atom is -0.385 e. The quantitative estimate of drug-likeness (QED) is 0.359. The molecule has 0 amide bonds. The predicted molar refractivity (Wildman–Crippen MR) is 117 cm³/mol. The molecule has 0 aromatic carbocycles. The maximum absolute atomic E-state index is 5.16. The van der Waals surface area contributed by atoms with Crippen LogP contribution in [0.2, 0.25) is 0 Å². The summed E-state index contributed by atoms with van der Waals surface area (Å²) in [5.41, 5.74) is 0. The second kappa shape index (κ2) is 11.9. The summed E-state index contributed by atoms with van der Waals surface area (Å²) in [7, 11) is 1.74. The lowest BCUT2D eigenvalue weighted by Gasteiger charge is -2.36. The number of aryl methyl sites for hydroxylation is 1. The van der Waals surface area contributed by atoms with Crippen LogP contribution in [0.1, 0.15) is 24.0 Å². The number of nitrogens with zero attached hydrogens (tertiary/aromatic N) is 6. The van der Waals surface area contributed by atoms with Crippen LogP contribution in [-0.2, 0) is 24.2 Å². The first-order valence-electron chi connectivity index (χ1n) is 10.4. The van der Waals surface area contributed by atoms with Crippen LogP contribution < -0.4 is 5.32 Å². The van der Waals surface area contributed by atoms with E-state index in [-0.39, 0.29) is 0 Å². The van der Waals surface area contributed by atoms with Gasteiger partial charge in [0.1, 0.15) is 12.2 Å². The lowest BCUT2D eigenvalue weighted by molar-refractivity contribution is 0.173. The van der Waals surface area contributed by atoms with Gasteiger partial charge in [0.15, 0.2) is 5.96 Å². The molecule has 2 aromatic heterocycles. The first-order valence-corrected chi connectivity index (χ1v) is 11.3. The third kappa shape index (κ3) is 6.80. The molecule has 0 radical (unpaired) electrons. The fourth-order valence-corrected chi connectivity index (χ4v) is 4.18. The Kier molecular flexibility index (Phi) is 8.91. The zero-order chi connectivity index (χ0) is 20.3. The van der Waals surface area contributed by atoms with Crippen LogP contribution in [0, 0.1) is 0 Å². The van der Waals surface area contributed by atoms with Crippen molar-refractivity contribution in [1.29, 1.82) is 0 Å². The summed E-state index contributed by atoms with van der Waals surface area (Å²) in [6, 6.07) is 4.35. The summed E-state index contributed by atoms with van der Waals surface area (Å²) in [5.74, 6) is 2.02. The average molecular weight is 420 g/mol. The largest absolute Gasteiger partial charge is 0.385 e. The molecule has 1 N–H and O–H groups in total. The minimum atomic E-state index is 0.742. The van der Waals surface area contributed by atoms with Crippen LogP contribution in [0.15, 0.2) is 28.8 Å². The average Bonchev–Trinajstić information content (AvgIpc) is 3.42. The van der Waals surface area contributed by atoms with Crippen LogP contribution in [0.3, 0.4) is 0 Å². The Balaban J connectivity index is 1.51. The molecule has 2 aromatic rings. The molecule has 1 fully saturated rings. The Bertz CT molecular complexity index is 723. The highest BCUT2D eigenvalue weighted by molar-refractivity contribution is 7.09. The molecule has 0 aliphatic carbocycles. The Morgan fingerprint density at radius 1 is 1.31 bits per heavy atom. The lowest BCUT2D eigenvalue weighted by Crippen LogP contribution is -2.52. The number of piperazine rings is 1. The van der Waals surface area contributed by atoms with Crippen molar-refractivity contribution in [3.05, 3.63) is 34.5 Å². The van der Waals surface area contributed by atoms with E-state index in [9.17, 15) is 0 Å². The summed E-state index contributed by atoms with van der Waals surface area (Å²) in [6.07, 6.45) is 3.63. The van der Waals surface area contributed by atoms with Crippen molar-refractivity contribution in [3.63, 3.8) is 0 Å². The molecule has 3 heterocycles. The van der Waals surface area contributed by atoms with Gasteiger partial charge in [-0.1, -0.05) is 13.0 Å². The van der Waals surface area contributed by atoms with E-state index in [0.717, 1.165) is 83.6 Å². The zero-order valence-electron chi connectivity index (χ0n) is 17.6. The standard InChI is InChI=1S/C20H33N7OS/c1-3-19-24-23-17-27(19)9-8-22-20(21-7-5-14-28-2)26-12-10-25(11-13-26)16-18-6-4-15-29-18/h4,6,15,17H,3,5,7-14,16H2,1-2H3,(H,21,22). The van der Waals surface area contributed by atoms with Gasteiger partial charge in [-0.25, -0.2) is 0 Å². The molecule has 8 nitrogen and oxygen atoms in total. The van der Waals surface area contributed by atoms with Crippen LogP contribution in [0.4, 0.5) is 0 Å². The number of rotatable bonds is 10. The molecule has 0 atom stereocenters. The van der Waals surface area contributed by atoms with Crippen molar-refractivity contribution in [1.82, 2.24) is 29.9 Å². The number of aromatic nitrogens is 3. The van der Waals surface area contributed by atoms with Gasteiger partial charge in [-0.3, -0.25) is 9.89 Å². The van der Waals surface area contributed by atoms with E-state index in [1.807, 2.05) is 11.3 Å². The fraction of sp³-hybridized carbons (Fsp3) is 0.650. The van der Waals surface area contributed by atoms with E-state index >= 15 is 0 Å². The highest BCUT2D eigenvalue weighted by Gasteiger charge is 2.20. The normalized spacial score (nSPS) is 15.8. The number of hydrogen-bond donors (Lipinski definition) is 1. The summed E-state index contributed by atoms with van der Waals surface area (Å²) in [5, 5.41) is 13.9. The second-order valence-corrected chi connectivity index (χ2v) is 8.15. The van der Waals surface area contributed by atoms with Crippen molar-refractivity contribution >= 4 is 17.3 Å². The van der Waals surface area contributed by atoms with Gasteiger partial charge < -0.3 is 19.5 Å². The van der Waals surface area contributed by atoms with Crippen LogP contribution >= 0.6 is 11.3 Å². The monoisotopic (exact) mass is 419 g/mol. The Labute approximate surface area is 177 Å². The molecule has 160 valence electrons. The van der Waals surface area contributed by atoms with Crippen LogP contribution in [-0.4, -0.2) is 83.5 Å². The molecule has 0 saturated carbocycles. The molecule has 0 bridgehead atoms. The molecule has 0 unspecified atom stereocenters. The van der Waals surface area contributed by atoms with E-state index < -0.39 is 0 Å². The van der Waals surface area contributed by atoms with Gasteiger partial charge in [0.25, 0.3) is 0 Å². The van der Waals surface area contributed by atoms with Gasteiger partial charge in [-0.2, -0.15) is 0 Å². The summed E-state index contributed by atoms with van der Waals surface area (Å²) in [4.78, 5) is 11.2. The molecule has 3 rings (SSSR count). The van der Waals surface area contributed by atoms with Gasteiger partial charge in [0.05, 0.1) is 0 Å². The SMILES string of the molecule is CCc1nncn1CCNC(=NCCCOC)N1CCN(Cc2cccs2)CC1. The molecule has 1 aliphatic heterocycles. The number of guanidine groups is 1. The first kappa shape index (κ1) is 21.7. The van der Waals surface area contributed by atoms with E-state index in [4.69, 9.17) is 9.73 Å². The van der Waals surface area contributed by atoms with Crippen molar-refractivity contribution < 1.29 is 4.74 Å². The molecule has 0 spiro atoms. The molecular weight excluding hydrogens is 386 g/mol. The second-order valence-electron chi connectivity index (χ2n) is 7.12. The Morgan fingerprint density at radius 3 is 2.90 bits per heavy atom. The van der Waals surface area contributed by atoms with Crippen molar-refractivity contribution in [2.75, 3.05) is 53.0 Å². The minimum absolute atomic E-state index is 0.742. The molecule has 29 heavy (non-hydrogen) atoms. The number of nitrogens with one attached hydrogen (secondary N) is 1. The number of methoxy groups -OCH3 is 1. The van der Waals surface area contributed by atoms with Crippen molar-refractivity contribution in [2.24, 2.45) is 4.99 Å². The zero-order valence-corrected chi connectivity index (χ0v) is 18.4. The summed E-state index contributed by atoms with van der Waals surface area (Å²) >= 11 is 1.84. The van der Waals surface area contributed by atoms with E-state index in [1.54, 1.807) is 13.4 Å². The van der Waals surface area contributed by atoms with Gasteiger partial charge in [-0.15, -0.1) is 21.5 Å². The number of aliphatic imine (C=N–C) groups is 1. The third-order valence-corrected chi connectivity index (χ3v) is 5.91. The van der Waals surface area contributed by atoms with Gasteiger partial charge in [-0.05, 0) is 17.9 Å². The third-order valence-electron chi connectivity index (χ3n) is 5.05. The van der Waals surface area contributed by atoms with Gasteiger partial charge >= 0.3 is 0 Å². The molecule has 1 aliphatic rings. The summed E-state index contributed by atoms with van der Waals surface area (Å²) in [6.45, 7) is 10.4. The fourth-order valence-electron chi connectivity index (χ4n) is 3.43. The van der Waals surface area contributed by atoms with E-state index in [2.05, 4.69) is 54.3 Å². The lowest BCUT2D eigenvalue weighted by atomic mass is 10.3. The Morgan fingerprint density at radius 2 is 2.17 bits per heavy atom. The van der Waals surface area contributed by atoms with Crippen LogP contribution in [0.5, 0.6) is 0 Å². The van der Waals surface area contributed by atoms with E-state index in [0.29, 0.717) is 0 Å². The topological polar surface area (TPSA) is 70.8 Å². The van der Waals surface area contributed by atoms with Crippen LogP contribution in [0.25, 0.3) is 0 Å². The number of hydrogen-bond acceptors (Lipinski definition) is 6. The van der Waals surface area contributed by atoms with Gasteiger partial charge in [0.2, 0.25) is 0 Å². The van der Waals surface area contributed by atoms with Gasteiger partial charge in [0, 0.05) is 77.4 Å². The number of thiophene rings is 1.